The summed E-state index contributed by atoms with van der Waals surface area (Å²) in [5.41, 5.74) is 0. The number of ether oxygens (including phenoxy) is 1. The minimum atomic E-state index is -0.660. The fourth-order valence-corrected chi connectivity index (χ4v) is 11.7. The minimum Gasteiger partial charge on any atom is -0.466 e. The summed E-state index contributed by atoms with van der Waals surface area (Å²) in [6, 6.07) is -0.536. The molecule has 0 aliphatic heterocycles. The Balaban J connectivity index is 3.30. The Bertz CT molecular complexity index is 1120. The number of unbranched alkanes of at least 4 members (excludes halogenated alkanes) is 57. The fourth-order valence-electron chi connectivity index (χ4n) is 11.7. The summed E-state index contributed by atoms with van der Waals surface area (Å²) in [6.07, 6.45) is 81.7. The Labute approximate surface area is 483 Å². The van der Waals surface area contributed by atoms with Crippen molar-refractivity contribution in [2.45, 2.75) is 431 Å². The van der Waals surface area contributed by atoms with E-state index in [-0.39, 0.29) is 18.5 Å². The molecule has 0 radical (unpaired) electrons. The molecule has 0 fully saturated rings. The maximum Gasteiger partial charge on any atom is 0.305 e. The molecule has 0 aromatic heterocycles. The molecule has 77 heavy (non-hydrogen) atoms. The molecule has 0 spiro atoms. The van der Waals surface area contributed by atoms with Crippen molar-refractivity contribution in [1.29, 1.82) is 0 Å². The van der Waals surface area contributed by atoms with Gasteiger partial charge in [-0.05, 0) is 25.7 Å². The van der Waals surface area contributed by atoms with Crippen molar-refractivity contribution < 1.29 is 24.5 Å². The molecule has 460 valence electrons. The maximum absolute atomic E-state index is 12.5. The van der Waals surface area contributed by atoms with Gasteiger partial charge in [-0.1, -0.05) is 380 Å². The SMILES string of the molecule is CCCCCCCCCCCCCCCCCCC(O)C(CO)NC(=O)CCCCCCCCCCCCCCCCCCCCCCCCCCCCCCCCCCCOC(=O)CCCCCCCCCCCCC. The lowest BCUT2D eigenvalue weighted by Gasteiger charge is -2.22. The van der Waals surface area contributed by atoms with Gasteiger partial charge in [0.15, 0.2) is 0 Å². The van der Waals surface area contributed by atoms with Crippen molar-refractivity contribution in [3.05, 3.63) is 0 Å². The topological polar surface area (TPSA) is 95.9 Å². The van der Waals surface area contributed by atoms with Crippen LogP contribution in [-0.2, 0) is 14.3 Å². The van der Waals surface area contributed by atoms with Gasteiger partial charge in [0.1, 0.15) is 0 Å². The Morgan fingerprint density at radius 1 is 0.312 bits per heavy atom. The molecule has 2 unspecified atom stereocenters. The highest BCUT2D eigenvalue weighted by molar-refractivity contribution is 5.76. The lowest BCUT2D eigenvalue weighted by molar-refractivity contribution is -0.143. The van der Waals surface area contributed by atoms with Crippen LogP contribution < -0.4 is 5.32 Å². The summed E-state index contributed by atoms with van der Waals surface area (Å²) in [6.45, 7) is 5.00. The number of aliphatic hydroxyl groups is 2. The first-order valence-corrected chi connectivity index (χ1v) is 35.8. The highest BCUT2D eigenvalue weighted by Crippen LogP contribution is 2.20. The summed E-state index contributed by atoms with van der Waals surface area (Å²) in [7, 11) is 0. The van der Waals surface area contributed by atoms with Crippen LogP contribution in [0.15, 0.2) is 0 Å². The van der Waals surface area contributed by atoms with Crippen LogP contribution in [0.5, 0.6) is 0 Å². The fraction of sp³-hybridized carbons (Fsp3) is 0.972. The van der Waals surface area contributed by atoms with Gasteiger partial charge in [-0.15, -0.1) is 0 Å². The number of carbonyl (C=O) groups is 2. The van der Waals surface area contributed by atoms with Gasteiger partial charge < -0.3 is 20.3 Å². The van der Waals surface area contributed by atoms with Crippen LogP contribution in [0.1, 0.15) is 418 Å². The molecule has 0 saturated carbocycles. The first-order valence-electron chi connectivity index (χ1n) is 35.8. The van der Waals surface area contributed by atoms with Gasteiger partial charge in [0.2, 0.25) is 5.91 Å². The molecule has 0 aromatic carbocycles. The van der Waals surface area contributed by atoms with E-state index >= 15 is 0 Å². The predicted molar refractivity (Wildman–Crippen MR) is 338 cm³/mol. The normalized spacial score (nSPS) is 12.4. The van der Waals surface area contributed by atoms with Gasteiger partial charge in [0.05, 0.1) is 25.4 Å². The van der Waals surface area contributed by atoms with Crippen LogP contribution in [0.25, 0.3) is 0 Å². The van der Waals surface area contributed by atoms with Crippen molar-refractivity contribution in [2.75, 3.05) is 13.2 Å². The average molecular weight is 1090 g/mol. The van der Waals surface area contributed by atoms with Crippen LogP contribution in [-0.4, -0.2) is 47.4 Å². The second kappa shape index (κ2) is 67.4. The van der Waals surface area contributed by atoms with Crippen molar-refractivity contribution >= 4 is 11.9 Å². The van der Waals surface area contributed by atoms with Crippen molar-refractivity contribution in [2.24, 2.45) is 0 Å². The molecular formula is C71H141NO5. The number of rotatable bonds is 68. The Kier molecular flexibility index (Phi) is 66.4. The molecule has 0 heterocycles. The van der Waals surface area contributed by atoms with E-state index in [2.05, 4.69) is 19.2 Å². The quantitative estimate of drug-likeness (QED) is 0.0417. The second-order valence-electron chi connectivity index (χ2n) is 24.9. The largest absolute Gasteiger partial charge is 0.466 e. The summed E-state index contributed by atoms with van der Waals surface area (Å²) >= 11 is 0. The Morgan fingerprint density at radius 3 is 0.792 bits per heavy atom. The first-order chi connectivity index (χ1) is 38.0. The second-order valence-corrected chi connectivity index (χ2v) is 24.9. The highest BCUT2D eigenvalue weighted by atomic mass is 16.5. The predicted octanol–water partition coefficient (Wildman–Crippen LogP) is 23.0. The van der Waals surface area contributed by atoms with Crippen LogP contribution in [0.4, 0.5) is 0 Å². The molecule has 6 nitrogen and oxygen atoms in total. The number of amides is 1. The number of carbonyl (C=O) groups excluding carboxylic acids is 2. The average Bonchev–Trinajstić information content (AvgIpc) is 3.43. The van der Waals surface area contributed by atoms with Gasteiger partial charge in [0, 0.05) is 12.8 Å². The van der Waals surface area contributed by atoms with Crippen molar-refractivity contribution in [1.82, 2.24) is 5.32 Å². The third kappa shape index (κ3) is 63.9. The Hall–Kier alpha value is -1.14. The van der Waals surface area contributed by atoms with E-state index in [1.807, 2.05) is 0 Å². The van der Waals surface area contributed by atoms with E-state index in [9.17, 15) is 19.8 Å². The van der Waals surface area contributed by atoms with Gasteiger partial charge >= 0.3 is 5.97 Å². The molecule has 0 aliphatic rings. The smallest absolute Gasteiger partial charge is 0.305 e. The summed E-state index contributed by atoms with van der Waals surface area (Å²) in [4.78, 5) is 24.5. The number of hydrogen-bond acceptors (Lipinski definition) is 5. The zero-order chi connectivity index (χ0) is 55.7. The molecule has 0 rings (SSSR count). The standard InChI is InChI=1S/C71H141NO5/c1-3-5-7-9-11-13-15-16-17-37-40-44-47-51-55-59-63-69(74)68(67-73)72-70(75)64-60-56-52-48-45-41-38-35-33-31-29-27-25-23-21-19-18-20-22-24-26-28-30-32-34-36-39-42-46-50-54-58-62-66-77-71(76)65-61-57-53-49-43-14-12-10-8-6-4-2/h68-69,73-74H,3-67H2,1-2H3,(H,72,75). The summed E-state index contributed by atoms with van der Waals surface area (Å²) < 4.78 is 5.48. The van der Waals surface area contributed by atoms with Crippen LogP contribution in [0, 0.1) is 0 Å². The van der Waals surface area contributed by atoms with Crippen LogP contribution in [0.2, 0.25) is 0 Å². The number of hydrogen-bond donors (Lipinski definition) is 3. The molecule has 0 aliphatic carbocycles. The summed E-state index contributed by atoms with van der Waals surface area (Å²) in [5, 5.41) is 23.4. The first kappa shape index (κ1) is 75.9. The number of nitrogens with one attached hydrogen (secondary N) is 1. The zero-order valence-electron chi connectivity index (χ0n) is 52.7. The third-order valence-electron chi connectivity index (χ3n) is 17.2. The molecule has 2 atom stereocenters. The molecule has 1 amide bonds. The summed E-state index contributed by atoms with van der Waals surface area (Å²) in [5.74, 6) is -0.00352. The minimum absolute atomic E-state index is 0.0224. The zero-order valence-corrected chi connectivity index (χ0v) is 52.7. The van der Waals surface area contributed by atoms with Crippen LogP contribution in [0.3, 0.4) is 0 Å². The van der Waals surface area contributed by atoms with E-state index in [4.69, 9.17) is 4.74 Å². The lowest BCUT2D eigenvalue weighted by atomic mass is 10.0. The van der Waals surface area contributed by atoms with Gasteiger partial charge in [-0.2, -0.15) is 0 Å². The maximum atomic E-state index is 12.5. The lowest BCUT2D eigenvalue weighted by Crippen LogP contribution is -2.45. The highest BCUT2D eigenvalue weighted by Gasteiger charge is 2.20. The van der Waals surface area contributed by atoms with Gasteiger partial charge in [-0.25, -0.2) is 0 Å². The van der Waals surface area contributed by atoms with E-state index in [0.717, 1.165) is 38.5 Å². The van der Waals surface area contributed by atoms with E-state index in [0.29, 0.717) is 25.9 Å². The molecule has 0 bridgehead atoms. The molecular weight excluding hydrogens is 947 g/mol. The van der Waals surface area contributed by atoms with E-state index in [1.54, 1.807) is 0 Å². The molecule has 3 N–H and O–H groups in total. The van der Waals surface area contributed by atoms with Crippen LogP contribution >= 0.6 is 0 Å². The van der Waals surface area contributed by atoms with E-state index < -0.39 is 12.1 Å². The molecule has 6 heteroatoms. The van der Waals surface area contributed by atoms with Crippen molar-refractivity contribution in [3.63, 3.8) is 0 Å². The molecule has 0 aromatic rings. The number of esters is 1. The van der Waals surface area contributed by atoms with Gasteiger partial charge in [0.25, 0.3) is 0 Å². The third-order valence-corrected chi connectivity index (χ3v) is 17.2. The monoisotopic (exact) mass is 1090 g/mol. The molecule has 0 saturated heterocycles. The van der Waals surface area contributed by atoms with Crippen molar-refractivity contribution in [3.8, 4) is 0 Å². The Morgan fingerprint density at radius 2 is 0.532 bits per heavy atom. The van der Waals surface area contributed by atoms with E-state index in [1.165, 1.54) is 347 Å². The van der Waals surface area contributed by atoms with Gasteiger partial charge in [-0.3, -0.25) is 9.59 Å². The number of aliphatic hydroxyl groups excluding tert-OH is 2.